The number of hydrogen-bond donors (Lipinski definition) is 3. The lowest BCUT2D eigenvalue weighted by Crippen LogP contribution is -2.58. The van der Waals surface area contributed by atoms with E-state index in [0.29, 0.717) is 24.3 Å². The van der Waals surface area contributed by atoms with Gasteiger partial charge >= 0.3 is 0 Å². The minimum Gasteiger partial charge on any atom is -0.497 e. The summed E-state index contributed by atoms with van der Waals surface area (Å²) in [5.74, 6) is -1.57. The summed E-state index contributed by atoms with van der Waals surface area (Å²) in [7, 11) is -0.736. The monoisotopic (exact) mass is 728 g/mol. The Balaban J connectivity index is 1.35. The number of carbonyl (C=O) groups excluding carboxylic acids is 3. The number of sulfonamides is 1. The van der Waals surface area contributed by atoms with Crippen molar-refractivity contribution in [3.63, 3.8) is 0 Å². The van der Waals surface area contributed by atoms with Crippen LogP contribution in [0.2, 0.25) is 0 Å². The molecule has 0 bridgehead atoms. The summed E-state index contributed by atoms with van der Waals surface area (Å²) in [6.45, 7) is 9.70. The third-order valence-corrected chi connectivity index (χ3v) is 12.4. The number of nitrogens with one attached hydrogen (secondary N) is 3. The number of carbonyl (C=O) groups is 3. The fourth-order valence-corrected chi connectivity index (χ4v) is 8.49. The van der Waals surface area contributed by atoms with E-state index in [1.54, 1.807) is 26.4 Å². The van der Waals surface area contributed by atoms with Crippen LogP contribution in [-0.2, 0) is 34.7 Å². The predicted molar refractivity (Wildman–Crippen MR) is 200 cm³/mol. The molecule has 1 heterocycles. The van der Waals surface area contributed by atoms with Crippen molar-refractivity contribution < 1.29 is 32.3 Å². The number of nitrogens with zero attached hydrogens (tertiary/aromatic N) is 1. The van der Waals surface area contributed by atoms with Crippen molar-refractivity contribution in [2.75, 3.05) is 26.1 Å². The van der Waals surface area contributed by atoms with E-state index >= 15 is 0 Å². The Kier molecular flexibility index (Phi) is 10.0. The summed E-state index contributed by atoms with van der Waals surface area (Å²) in [5, 5.41) is 5.66. The molecule has 11 nitrogen and oxygen atoms in total. The molecule has 3 aromatic rings. The van der Waals surface area contributed by atoms with Gasteiger partial charge in [-0.2, -0.15) is 0 Å². The van der Waals surface area contributed by atoms with E-state index in [9.17, 15) is 22.8 Å². The zero-order chi connectivity index (χ0) is 37.5. The van der Waals surface area contributed by atoms with Gasteiger partial charge in [0.1, 0.15) is 29.0 Å². The number of anilines is 1. The van der Waals surface area contributed by atoms with E-state index in [4.69, 9.17) is 9.47 Å². The second-order valence-electron chi connectivity index (χ2n) is 15.2. The standard InChI is InChI=1S/C40H48N4O7S/c1-7-28-23-40(28,37(47)43-52(48,49)32-20-21-32)42-35(45)33-24-39(51-6,29-18-16-27(17-19-29)26-12-9-8-10-13-26)25-44(33)36(46)34(38(2,3)4)41-30-14-11-15-31(22-30)50-5/h7-19,22,28,32-34,41H,1,20-21,23-25H2,2-6H3,(H,42,45)(H,43,47)/t28-,33+,34+,39+,40-/m1/s1. The molecular formula is C40H48N4O7S. The van der Waals surface area contributed by atoms with Gasteiger partial charge in [0.2, 0.25) is 21.8 Å². The number of likely N-dealkylation sites (tertiary alicyclic amines) is 1. The summed E-state index contributed by atoms with van der Waals surface area (Å²) < 4.78 is 39.4. The first-order valence-electron chi connectivity index (χ1n) is 17.6. The van der Waals surface area contributed by atoms with Gasteiger partial charge < -0.3 is 25.0 Å². The first-order chi connectivity index (χ1) is 24.7. The van der Waals surface area contributed by atoms with Crippen LogP contribution in [0.1, 0.15) is 52.0 Å². The Labute approximate surface area is 306 Å². The zero-order valence-electron chi connectivity index (χ0n) is 30.3. The normalized spacial score (nSPS) is 24.8. The summed E-state index contributed by atoms with van der Waals surface area (Å²) in [6, 6.07) is 23.3. The molecule has 0 unspecified atom stereocenters. The van der Waals surface area contributed by atoms with E-state index in [-0.39, 0.29) is 25.3 Å². The van der Waals surface area contributed by atoms with Gasteiger partial charge in [0.15, 0.2) is 0 Å². The first-order valence-corrected chi connectivity index (χ1v) is 19.1. The summed E-state index contributed by atoms with van der Waals surface area (Å²) in [6.07, 6.45) is 2.79. The van der Waals surface area contributed by atoms with Gasteiger partial charge in [-0.15, -0.1) is 6.58 Å². The molecule has 1 saturated heterocycles. The highest BCUT2D eigenvalue weighted by Gasteiger charge is 2.62. The van der Waals surface area contributed by atoms with Crippen LogP contribution >= 0.6 is 0 Å². The lowest BCUT2D eigenvalue weighted by molar-refractivity contribution is -0.142. The van der Waals surface area contributed by atoms with Gasteiger partial charge in [0, 0.05) is 31.2 Å². The predicted octanol–water partition coefficient (Wildman–Crippen LogP) is 5.00. The molecule has 3 N–H and O–H groups in total. The van der Waals surface area contributed by atoms with Crippen LogP contribution in [0, 0.1) is 11.3 Å². The average molecular weight is 729 g/mol. The minimum atomic E-state index is -3.87. The Morgan fingerprint density at radius 3 is 2.19 bits per heavy atom. The number of methoxy groups -OCH3 is 2. The molecule has 1 aliphatic heterocycles. The van der Waals surface area contributed by atoms with Gasteiger partial charge in [-0.1, -0.05) is 87.5 Å². The number of rotatable bonds is 13. The second-order valence-corrected chi connectivity index (χ2v) is 17.1. The van der Waals surface area contributed by atoms with Crippen LogP contribution in [0.25, 0.3) is 11.1 Å². The van der Waals surface area contributed by atoms with Gasteiger partial charge in [0.25, 0.3) is 5.91 Å². The van der Waals surface area contributed by atoms with Gasteiger partial charge in [0.05, 0.1) is 18.9 Å². The number of hydrogen-bond acceptors (Lipinski definition) is 8. The Bertz CT molecular complexity index is 1940. The fourth-order valence-electron chi connectivity index (χ4n) is 7.12. The van der Waals surface area contributed by atoms with Crippen molar-refractivity contribution in [2.45, 2.75) is 74.9 Å². The van der Waals surface area contributed by atoms with E-state index in [0.717, 1.165) is 16.7 Å². The first kappa shape index (κ1) is 37.1. The highest BCUT2D eigenvalue weighted by molar-refractivity contribution is 7.91. The molecule has 0 radical (unpaired) electrons. The fraction of sp³-hybridized carbons (Fsp3) is 0.425. The molecule has 3 aromatic carbocycles. The second kappa shape index (κ2) is 14.0. The van der Waals surface area contributed by atoms with Crippen molar-refractivity contribution in [2.24, 2.45) is 11.3 Å². The molecule has 3 fully saturated rings. The minimum absolute atomic E-state index is 0.0532. The van der Waals surface area contributed by atoms with Crippen LogP contribution in [-0.4, -0.2) is 74.7 Å². The van der Waals surface area contributed by atoms with Crippen LogP contribution in [0.15, 0.2) is 91.5 Å². The van der Waals surface area contributed by atoms with Crippen molar-refractivity contribution >= 4 is 33.4 Å². The largest absolute Gasteiger partial charge is 0.497 e. The Morgan fingerprint density at radius 1 is 0.942 bits per heavy atom. The smallest absolute Gasteiger partial charge is 0.259 e. The van der Waals surface area contributed by atoms with E-state index in [1.807, 2.05) is 93.6 Å². The van der Waals surface area contributed by atoms with Crippen LogP contribution in [0.4, 0.5) is 5.69 Å². The van der Waals surface area contributed by atoms with Gasteiger partial charge in [-0.25, -0.2) is 8.42 Å². The van der Waals surface area contributed by atoms with Crippen LogP contribution in [0.3, 0.4) is 0 Å². The van der Waals surface area contributed by atoms with Crippen LogP contribution < -0.4 is 20.1 Å². The molecule has 0 spiro atoms. The summed E-state index contributed by atoms with van der Waals surface area (Å²) in [4.78, 5) is 44.5. The molecule has 5 atom stereocenters. The molecule has 2 aliphatic carbocycles. The van der Waals surface area contributed by atoms with E-state index in [2.05, 4.69) is 21.9 Å². The average Bonchev–Trinajstić information content (AvgIpc) is 4.07. The number of ether oxygens (including phenoxy) is 2. The highest BCUT2D eigenvalue weighted by Crippen LogP contribution is 2.47. The SMILES string of the molecule is C=C[C@@H]1C[C@]1(NC(=O)[C@@H]1C[C@@](OC)(c2ccc(-c3ccccc3)cc2)CN1C(=O)[C@H](Nc1cccc(OC)c1)C(C)(C)C)C(=O)NS(=O)(=O)C1CC1. The number of benzene rings is 3. The lowest BCUT2D eigenvalue weighted by Gasteiger charge is -2.36. The van der Waals surface area contributed by atoms with Gasteiger partial charge in [-0.05, 0) is 53.5 Å². The van der Waals surface area contributed by atoms with E-state index in [1.165, 1.54) is 4.90 Å². The Hall–Kier alpha value is -4.68. The molecule has 6 rings (SSSR count). The van der Waals surface area contributed by atoms with Gasteiger partial charge in [-0.3, -0.25) is 19.1 Å². The third kappa shape index (κ3) is 7.31. The molecule has 52 heavy (non-hydrogen) atoms. The number of amides is 3. The topological polar surface area (TPSA) is 143 Å². The molecule has 3 aliphatic rings. The molecule has 2 saturated carbocycles. The highest BCUT2D eigenvalue weighted by atomic mass is 32.2. The Morgan fingerprint density at radius 2 is 1.62 bits per heavy atom. The summed E-state index contributed by atoms with van der Waals surface area (Å²) in [5.41, 5.74) is 0.316. The third-order valence-electron chi connectivity index (χ3n) is 10.6. The molecule has 0 aromatic heterocycles. The quantitative estimate of drug-likeness (QED) is 0.209. The van der Waals surface area contributed by atoms with Crippen LogP contribution in [0.5, 0.6) is 5.75 Å². The maximum absolute atomic E-state index is 14.9. The molecule has 276 valence electrons. The maximum Gasteiger partial charge on any atom is 0.259 e. The van der Waals surface area contributed by atoms with Crippen molar-refractivity contribution in [1.29, 1.82) is 0 Å². The summed E-state index contributed by atoms with van der Waals surface area (Å²) >= 11 is 0. The molecular weight excluding hydrogens is 681 g/mol. The lowest BCUT2D eigenvalue weighted by atomic mass is 9.85. The van der Waals surface area contributed by atoms with Crippen molar-refractivity contribution in [1.82, 2.24) is 14.9 Å². The molecule has 12 heteroatoms. The van der Waals surface area contributed by atoms with Crippen molar-refractivity contribution in [3.8, 4) is 16.9 Å². The van der Waals surface area contributed by atoms with E-state index < -0.39 is 61.6 Å². The van der Waals surface area contributed by atoms with Crippen molar-refractivity contribution in [3.05, 3.63) is 97.1 Å². The molecule has 3 amide bonds. The maximum atomic E-state index is 14.9. The zero-order valence-corrected chi connectivity index (χ0v) is 31.2.